The lowest BCUT2D eigenvalue weighted by Gasteiger charge is -2.13. The lowest BCUT2D eigenvalue weighted by atomic mass is 9.99. The molecule has 1 aromatic heterocycles. The topological polar surface area (TPSA) is 51.8 Å². The third kappa shape index (κ3) is 2.86. The van der Waals surface area contributed by atoms with E-state index in [0.29, 0.717) is 12.0 Å². The molecule has 106 valence electrons. The largest absolute Gasteiger partial charge is 0.324 e. The monoisotopic (exact) mass is 301 g/mol. The van der Waals surface area contributed by atoms with Crippen LogP contribution in [-0.4, -0.2) is 9.97 Å². The summed E-state index contributed by atoms with van der Waals surface area (Å²) in [5.74, 6) is -0.407. The molecule has 0 amide bonds. The average molecular weight is 302 g/mol. The molecule has 0 saturated heterocycles. The quantitative estimate of drug-likeness (QED) is 0.803. The molecule has 0 bridgehead atoms. The molecule has 2 aromatic carbocycles. The number of hydrogen-bond donors (Lipinski definition) is 1. The van der Waals surface area contributed by atoms with Gasteiger partial charge in [0.15, 0.2) is 0 Å². The molecule has 0 aliphatic carbocycles. The summed E-state index contributed by atoms with van der Waals surface area (Å²) in [6.45, 7) is 0. The van der Waals surface area contributed by atoms with E-state index in [4.69, 9.17) is 17.3 Å². The molecule has 3 nitrogen and oxygen atoms in total. The molecule has 1 unspecified atom stereocenters. The van der Waals surface area contributed by atoms with Crippen molar-refractivity contribution < 1.29 is 4.39 Å². The highest BCUT2D eigenvalue weighted by Gasteiger charge is 2.13. The Morgan fingerprint density at radius 3 is 2.67 bits per heavy atom. The van der Waals surface area contributed by atoms with Crippen LogP contribution < -0.4 is 5.73 Å². The summed E-state index contributed by atoms with van der Waals surface area (Å²) in [6.07, 6.45) is 3.65. The fourth-order valence-electron chi connectivity index (χ4n) is 2.27. The number of fused-ring (bicyclic) bond motifs is 1. The smallest absolute Gasteiger partial charge is 0.145 e. The number of halogens is 2. The molecule has 3 rings (SSSR count). The van der Waals surface area contributed by atoms with Crippen LogP contribution in [0.3, 0.4) is 0 Å². The molecule has 3 aromatic rings. The van der Waals surface area contributed by atoms with Crippen LogP contribution in [0.1, 0.15) is 17.2 Å². The van der Waals surface area contributed by atoms with Crippen molar-refractivity contribution in [3.63, 3.8) is 0 Å². The van der Waals surface area contributed by atoms with E-state index >= 15 is 0 Å². The minimum atomic E-state index is -0.407. The van der Waals surface area contributed by atoms with E-state index in [1.807, 2.05) is 18.2 Å². The average Bonchev–Trinajstić information content (AvgIpc) is 2.51. The van der Waals surface area contributed by atoms with Crippen molar-refractivity contribution in [2.45, 2.75) is 12.5 Å². The number of nitrogens with two attached hydrogens (primary N) is 1. The third-order valence-electron chi connectivity index (χ3n) is 3.39. The molecule has 0 spiro atoms. The van der Waals surface area contributed by atoms with Crippen LogP contribution in [-0.2, 0) is 6.42 Å². The first kappa shape index (κ1) is 13.9. The Hall–Kier alpha value is -2.04. The highest BCUT2D eigenvalue weighted by Crippen LogP contribution is 2.24. The molecule has 0 aliphatic heterocycles. The van der Waals surface area contributed by atoms with E-state index < -0.39 is 5.82 Å². The normalized spacial score (nSPS) is 12.5. The summed E-state index contributed by atoms with van der Waals surface area (Å²) < 4.78 is 13.9. The molecule has 1 heterocycles. The van der Waals surface area contributed by atoms with Gasteiger partial charge >= 0.3 is 0 Å². The van der Waals surface area contributed by atoms with Crippen LogP contribution >= 0.6 is 11.6 Å². The number of hydrogen-bond acceptors (Lipinski definition) is 3. The van der Waals surface area contributed by atoms with Gasteiger partial charge in [-0.1, -0.05) is 29.8 Å². The van der Waals surface area contributed by atoms with Crippen molar-refractivity contribution in [1.82, 2.24) is 9.97 Å². The molecule has 5 heteroatoms. The van der Waals surface area contributed by atoms with Gasteiger partial charge in [-0.15, -0.1) is 0 Å². The summed E-state index contributed by atoms with van der Waals surface area (Å²) in [6, 6.07) is 10.3. The summed E-state index contributed by atoms with van der Waals surface area (Å²) in [7, 11) is 0. The standard InChI is InChI=1S/C16H13ClFN3/c17-12-3-1-2-11(16(12)18)8-13(19)10-4-5-14-15(9-10)21-7-6-20-14/h1-7,9,13H,8,19H2. The van der Waals surface area contributed by atoms with Crippen LogP contribution in [0.4, 0.5) is 4.39 Å². The van der Waals surface area contributed by atoms with E-state index in [9.17, 15) is 4.39 Å². The van der Waals surface area contributed by atoms with Gasteiger partial charge in [0.2, 0.25) is 0 Å². The zero-order chi connectivity index (χ0) is 14.8. The zero-order valence-corrected chi connectivity index (χ0v) is 11.9. The minimum absolute atomic E-state index is 0.115. The van der Waals surface area contributed by atoms with Gasteiger partial charge < -0.3 is 5.73 Å². The first-order valence-corrected chi connectivity index (χ1v) is 6.92. The van der Waals surface area contributed by atoms with Gasteiger partial charge in [0.05, 0.1) is 16.1 Å². The molecule has 0 aliphatic rings. The molecular weight excluding hydrogens is 289 g/mol. The van der Waals surface area contributed by atoms with Crippen molar-refractivity contribution in [1.29, 1.82) is 0 Å². The first-order chi connectivity index (χ1) is 10.1. The number of nitrogens with zero attached hydrogens (tertiary/aromatic N) is 2. The van der Waals surface area contributed by atoms with Crippen LogP contribution in [0.25, 0.3) is 11.0 Å². The van der Waals surface area contributed by atoms with E-state index in [2.05, 4.69) is 9.97 Å². The van der Waals surface area contributed by atoms with Crippen molar-refractivity contribution in [3.05, 3.63) is 70.8 Å². The fraction of sp³-hybridized carbons (Fsp3) is 0.125. The maximum absolute atomic E-state index is 13.9. The zero-order valence-electron chi connectivity index (χ0n) is 11.1. The second kappa shape index (κ2) is 5.76. The summed E-state index contributed by atoms with van der Waals surface area (Å²) in [5, 5.41) is 0.115. The molecule has 2 N–H and O–H groups in total. The number of benzene rings is 2. The van der Waals surface area contributed by atoms with Crippen molar-refractivity contribution >= 4 is 22.6 Å². The van der Waals surface area contributed by atoms with Crippen LogP contribution in [0, 0.1) is 5.82 Å². The van der Waals surface area contributed by atoms with Gasteiger partial charge in [-0.2, -0.15) is 0 Å². The van der Waals surface area contributed by atoms with E-state index in [1.54, 1.807) is 24.5 Å². The maximum Gasteiger partial charge on any atom is 0.145 e. The third-order valence-corrected chi connectivity index (χ3v) is 3.68. The van der Waals surface area contributed by atoms with E-state index in [0.717, 1.165) is 16.6 Å². The van der Waals surface area contributed by atoms with Gasteiger partial charge in [0, 0.05) is 18.4 Å². The molecule has 1 atom stereocenters. The van der Waals surface area contributed by atoms with Gasteiger partial charge in [-0.05, 0) is 35.7 Å². The molecular formula is C16H13ClFN3. The Balaban J connectivity index is 1.89. The van der Waals surface area contributed by atoms with Crippen molar-refractivity contribution in [2.75, 3.05) is 0 Å². The Kier molecular flexibility index (Phi) is 3.82. The predicted octanol–water partition coefficient (Wildman–Crippen LogP) is 3.66. The molecule has 21 heavy (non-hydrogen) atoms. The maximum atomic E-state index is 13.9. The highest BCUT2D eigenvalue weighted by molar-refractivity contribution is 6.30. The number of aromatic nitrogens is 2. The van der Waals surface area contributed by atoms with Gasteiger partial charge in [-0.3, -0.25) is 9.97 Å². The van der Waals surface area contributed by atoms with Crippen molar-refractivity contribution in [3.8, 4) is 0 Å². The van der Waals surface area contributed by atoms with Crippen LogP contribution in [0.2, 0.25) is 5.02 Å². The Bertz CT molecular complexity index is 791. The second-order valence-corrected chi connectivity index (χ2v) is 5.24. The summed E-state index contributed by atoms with van der Waals surface area (Å²) >= 11 is 5.79. The molecule has 0 saturated carbocycles. The molecule has 0 radical (unpaired) electrons. The van der Waals surface area contributed by atoms with Crippen LogP contribution in [0.5, 0.6) is 0 Å². The lowest BCUT2D eigenvalue weighted by molar-refractivity contribution is 0.594. The summed E-state index contributed by atoms with van der Waals surface area (Å²) in [4.78, 5) is 8.46. The number of rotatable bonds is 3. The van der Waals surface area contributed by atoms with E-state index in [-0.39, 0.29) is 11.1 Å². The SMILES string of the molecule is NC(Cc1cccc(Cl)c1F)c1ccc2nccnc2c1. The fourth-order valence-corrected chi connectivity index (χ4v) is 2.47. The predicted molar refractivity (Wildman–Crippen MR) is 81.6 cm³/mol. The molecule has 0 fully saturated rings. The van der Waals surface area contributed by atoms with E-state index in [1.165, 1.54) is 6.07 Å². The lowest BCUT2D eigenvalue weighted by Crippen LogP contribution is -2.14. The van der Waals surface area contributed by atoms with Gasteiger partial charge in [-0.25, -0.2) is 4.39 Å². The Morgan fingerprint density at radius 1 is 1.10 bits per heavy atom. The Labute approximate surface area is 126 Å². The summed E-state index contributed by atoms with van der Waals surface area (Å²) in [5.41, 5.74) is 9.16. The van der Waals surface area contributed by atoms with Gasteiger partial charge in [0.1, 0.15) is 5.82 Å². The Morgan fingerprint density at radius 2 is 1.86 bits per heavy atom. The van der Waals surface area contributed by atoms with Crippen LogP contribution in [0.15, 0.2) is 48.8 Å². The highest BCUT2D eigenvalue weighted by atomic mass is 35.5. The first-order valence-electron chi connectivity index (χ1n) is 6.54. The van der Waals surface area contributed by atoms with Gasteiger partial charge in [0.25, 0.3) is 0 Å². The minimum Gasteiger partial charge on any atom is -0.324 e. The second-order valence-electron chi connectivity index (χ2n) is 4.83. The van der Waals surface area contributed by atoms with Crippen molar-refractivity contribution in [2.24, 2.45) is 5.73 Å².